The van der Waals surface area contributed by atoms with Crippen molar-refractivity contribution in [3.05, 3.63) is 11.6 Å². The number of carbonyl (C=O) groups is 1. The average Bonchev–Trinajstić information content (AvgIpc) is 2.95. The smallest absolute Gasteiger partial charge is 0.293 e. The Labute approximate surface area is 120 Å². The van der Waals surface area contributed by atoms with E-state index in [-0.39, 0.29) is 5.91 Å². The number of piperidine rings is 1. The van der Waals surface area contributed by atoms with E-state index in [1.165, 1.54) is 25.7 Å². The van der Waals surface area contributed by atoms with Crippen molar-refractivity contribution >= 4 is 5.91 Å². The number of amides is 1. The van der Waals surface area contributed by atoms with Gasteiger partial charge in [0, 0.05) is 19.5 Å². The van der Waals surface area contributed by atoms with Crippen LogP contribution < -0.4 is 0 Å². The van der Waals surface area contributed by atoms with Crippen LogP contribution in [-0.4, -0.2) is 39.1 Å². The fraction of sp³-hybridized carbons (Fsp3) is 0.800. The number of hydrogen-bond donors (Lipinski definition) is 1. The fourth-order valence-corrected chi connectivity index (χ4v) is 3.67. The number of H-pyrrole nitrogens is 1. The molecule has 20 heavy (non-hydrogen) atoms. The third-order valence-electron chi connectivity index (χ3n) is 4.79. The zero-order chi connectivity index (χ0) is 13.9. The van der Waals surface area contributed by atoms with Crippen molar-refractivity contribution < 1.29 is 4.79 Å². The first-order valence-electron chi connectivity index (χ1n) is 7.98. The Morgan fingerprint density at radius 1 is 1.30 bits per heavy atom. The van der Waals surface area contributed by atoms with Crippen molar-refractivity contribution in [1.82, 2.24) is 20.1 Å². The van der Waals surface area contributed by atoms with E-state index in [0.717, 1.165) is 44.1 Å². The molecule has 1 saturated carbocycles. The molecular weight excluding hydrogens is 252 g/mol. The number of aromatic nitrogens is 3. The number of aryl methyl sites for hydroxylation is 1. The van der Waals surface area contributed by atoms with Crippen LogP contribution in [0.25, 0.3) is 0 Å². The lowest BCUT2D eigenvalue weighted by Crippen LogP contribution is -2.45. The maximum absolute atomic E-state index is 12.5. The highest BCUT2D eigenvalue weighted by molar-refractivity contribution is 5.90. The van der Waals surface area contributed by atoms with Gasteiger partial charge in [0.15, 0.2) is 0 Å². The quantitative estimate of drug-likeness (QED) is 0.922. The summed E-state index contributed by atoms with van der Waals surface area (Å²) in [6.07, 6.45) is 8.35. The standard InChI is InChI=1S/C15H24N4O/c1-2-5-13-16-14(18-17-13)15(20)19-9-8-11-6-3-4-7-12(11)10-19/h11-12H,2-10H2,1H3,(H,16,17,18). The monoisotopic (exact) mass is 276 g/mol. The number of aromatic amines is 1. The molecule has 5 nitrogen and oxygen atoms in total. The van der Waals surface area contributed by atoms with Gasteiger partial charge in [0.2, 0.25) is 5.82 Å². The predicted molar refractivity (Wildman–Crippen MR) is 76.3 cm³/mol. The van der Waals surface area contributed by atoms with E-state index in [4.69, 9.17) is 0 Å². The molecule has 5 heteroatoms. The summed E-state index contributed by atoms with van der Waals surface area (Å²) in [6.45, 7) is 3.87. The van der Waals surface area contributed by atoms with Gasteiger partial charge in [-0.05, 0) is 31.1 Å². The summed E-state index contributed by atoms with van der Waals surface area (Å²) in [5.41, 5.74) is 0. The van der Waals surface area contributed by atoms with Crippen molar-refractivity contribution in [3.63, 3.8) is 0 Å². The van der Waals surface area contributed by atoms with Gasteiger partial charge in [-0.2, -0.15) is 0 Å². The Morgan fingerprint density at radius 2 is 2.10 bits per heavy atom. The van der Waals surface area contributed by atoms with E-state index in [0.29, 0.717) is 11.7 Å². The van der Waals surface area contributed by atoms with Gasteiger partial charge >= 0.3 is 0 Å². The van der Waals surface area contributed by atoms with Crippen molar-refractivity contribution in [1.29, 1.82) is 0 Å². The summed E-state index contributed by atoms with van der Waals surface area (Å²) in [5, 5.41) is 6.96. The van der Waals surface area contributed by atoms with Crippen LogP contribution >= 0.6 is 0 Å². The largest absolute Gasteiger partial charge is 0.336 e. The van der Waals surface area contributed by atoms with Gasteiger partial charge < -0.3 is 4.90 Å². The zero-order valence-electron chi connectivity index (χ0n) is 12.3. The summed E-state index contributed by atoms with van der Waals surface area (Å²) in [6, 6.07) is 0. The average molecular weight is 276 g/mol. The number of hydrogen-bond acceptors (Lipinski definition) is 3. The third kappa shape index (κ3) is 2.72. The van der Waals surface area contributed by atoms with E-state index in [9.17, 15) is 4.79 Å². The van der Waals surface area contributed by atoms with Gasteiger partial charge in [0.05, 0.1) is 0 Å². The molecule has 110 valence electrons. The van der Waals surface area contributed by atoms with Gasteiger partial charge in [-0.1, -0.05) is 26.2 Å². The first kappa shape index (κ1) is 13.6. The number of carbonyl (C=O) groups excluding carboxylic acids is 1. The van der Waals surface area contributed by atoms with E-state index in [1.54, 1.807) is 0 Å². The maximum atomic E-state index is 12.5. The van der Waals surface area contributed by atoms with Crippen LogP contribution in [0.5, 0.6) is 0 Å². The molecule has 1 aliphatic carbocycles. The number of rotatable bonds is 3. The van der Waals surface area contributed by atoms with Crippen LogP contribution in [-0.2, 0) is 6.42 Å². The maximum Gasteiger partial charge on any atom is 0.293 e. The zero-order valence-corrected chi connectivity index (χ0v) is 12.3. The van der Waals surface area contributed by atoms with Gasteiger partial charge in [0.25, 0.3) is 5.91 Å². The van der Waals surface area contributed by atoms with Crippen molar-refractivity contribution in [2.24, 2.45) is 11.8 Å². The highest BCUT2D eigenvalue weighted by atomic mass is 16.2. The molecule has 1 N–H and O–H groups in total. The number of nitrogens with zero attached hydrogens (tertiary/aromatic N) is 3. The molecule has 0 spiro atoms. The van der Waals surface area contributed by atoms with Gasteiger partial charge in [0.1, 0.15) is 5.82 Å². The minimum absolute atomic E-state index is 0.00706. The highest BCUT2D eigenvalue weighted by Crippen LogP contribution is 2.36. The van der Waals surface area contributed by atoms with Gasteiger partial charge in [-0.25, -0.2) is 4.98 Å². The summed E-state index contributed by atoms with van der Waals surface area (Å²) in [5.74, 6) is 2.73. The van der Waals surface area contributed by atoms with E-state index in [1.807, 2.05) is 4.90 Å². The molecule has 1 amide bonds. The fourth-order valence-electron chi connectivity index (χ4n) is 3.67. The van der Waals surface area contributed by atoms with Crippen molar-refractivity contribution in [2.45, 2.75) is 51.9 Å². The lowest BCUT2D eigenvalue weighted by Gasteiger charge is -2.40. The molecule has 2 aliphatic rings. The molecule has 1 saturated heterocycles. The Morgan fingerprint density at radius 3 is 2.90 bits per heavy atom. The topological polar surface area (TPSA) is 61.9 Å². The van der Waals surface area contributed by atoms with Crippen molar-refractivity contribution in [2.75, 3.05) is 13.1 Å². The highest BCUT2D eigenvalue weighted by Gasteiger charge is 2.34. The number of nitrogens with one attached hydrogen (secondary N) is 1. The first-order valence-corrected chi connectivity index (χ1v) is 7.98. The van der Waals surface area contributed by atoms with E-state index >= 15 is 0 Å². The second-order valence-electron chi connectivity index (χ2n) is 6.20. The Bertz CT molecular complexity index is 470. The van der Waals surface area contributed by atoms with Gasteiger partial charge in [-0.3, -0.25) is 9.89 Å². The Hall–Kier alpha value is -1.39. The molecule has 3 rings (SSSR count). The molecule has 0 aromatic carbocycles. The molecular formula is C15H24N4O. The normalized spacial score (nSPS) is 26.4. The number of fused-ring (bicyclic) bond motifs is 1. The lowest BCUT2D eigenvalue weighted by molar-refractivity contribution is 0.0510. The molecule has 2 unspecified atom stereocenters. The SMILES string of the molecule is CCCc1nc(C(=O)N2CCC3CCCCC3C2)n[nH]1. The van der Waals surface area contributed by atoms with Crippen LogP contribution in [0.1, 0.15) is 61.9 Å². The molecule has 0 bridgehead atoms. The minimum Gasteiger partial charge on any atom is -0.336 e. The second kappa shape index (κ2) is 5.94. The molecule has 1 aliphatic heterocycles. The molecule has 2 heterocycles. The molecule has 0 radical (unpaired) electrons. The van der Waals surface area contributed by atoms with Crippen molar-refractivity contribution in [3.8, 4) is 0 Å². The molecule has 1 aromatic rings. The molecule has 2 atom stereocenters. The van der Waals surface area contributed by atoms with Crippen LogP contribution in [0.2, 0.25) is 0 Å². The summed E-state index contributed by atoms with van der Waals surface area (Å²) in [4.78, 5) is 18.8. The van der Waals surface area contributed by atoms with Crippen LogP contribution in [0.15, 0.2) is 0 Å². The number of likely N-dealkylation sites (tertiary alicyclic amines) is 1. The van der Waals surface area contributed by atoms with Crippen LogP contribution in [0.3, 0.4) is 0 Å². The third-order valence-corrected chi connectivity index (χ3v) is 4.79. The molecule has 2 fully saturated rings. The molecule has 1 aromatic heterocycles. The van der Waals surface area contributed by atoms with E-state index in [2.05, 4.69) is 22.1 Å². The van der Waals surface area contributed by atoms with Crippen LogP contribution in [0.4, 0.5) is 0 Å². The first-order chi connectivity index (χ1) is 9.78. The summed E-state index contributed by atoms with van der Waals surface area (Å²) >= 11 is 0. The lowest BCUT2D eigenvalue weighted by atomic mass is 9.75. The van der Waals surface area contributed by atoms with Gasteiger partial charge in [-0.15, -0.1) is 5.10 Å². The summed E-state index contributed by atoms with van der Waals surface area (Å²) < 4.78 is 0. The van der Waals surface area contributed by atoms with Crippen LogP contribution in [0, 0.1) is 11.8 Å². The Kier molecular flexibility index (Phi) is 4.03. The summed E-state index contributed by atoms with van der Waals surface area (Å²) in [7, 11) is 0. The predicted octanol–water partition coefficient (Wildman–Crippen LogP) is 2.41. The van der Waals surface area contributed by atoms with E-state index < -0.39 is 0 Å². The minimum atomic E-state index is 0.00706. The Balaban J connectivity index is 1.64. The second-order valence-corrected chi connectivity index (χ2v) is 6.20.